The third-order valence-corrected chi connectivity index (χ3v) is 4.93. The van der Waals surface area contributed by atoms with Crippen LogP contribution in [0.1, 0.15) is 5.56 Å². The van der Waals surface area contributed by atoms with Crippen LogP contribution in [0.15, 0.2) is 52.1 Å². The maximum absolute atomic E-state index is 13.4. The molecule has 1 fully saturated rings. The van der Waals surface area contributed by atoms with Crippen molar-refractivity contribution in [3.63, 3.8) is 0 Å². The summed E-state index contributed by atoms with van der Waals surface area (Å²) in [5, 5.41) is 3.76. The lowest BCUT2D eigenvalue weighted by Gasteiger charge is -2.15. The molecule has 2 aromatic carbocycles. The predicted molar refractivity (Wildman–Crippen MR) is 92.9 cm³/mol. The molecule has 2 aliphatic heterocycles. The summed E-state index contributed by atoms with van der Waals surface area (Å²) in [6.45, 7) is 0. The van der Waals surface area contributed by atoms with Gasteiger partial charge in [0.1, 0.15) is 17.4 Å². The highest BCUT2D eigenvalue weighted by Gasteiger charge is 2.56. The number of nitrogens with zero attached hydrogens (tertiary/aromatic N) is 2. The molecule has 2 heterocycles. The maximum atomic E-state index is 13.4. The van der Waals surface area contributed by atoms with E-state index in [2.05, 4.69) is 21.1 Å². The first-order valence-electron chi connectivity index (χ1n) is 7.30. The number of hydrogen-bond acceptors (Lipinski definition) is 4. The van der Waals surface area contributed by atoms with Crippen LogP contribution in [0.5, 0.6) is 0 Å². The summed E-state index contributed by atoms with van der Waals surface area (Å²) in [7, 11) is 0. The zero-order valence-corrected chi connectivity index (χ0v) is 14.8. The molecule has 0 N–H and O–H groups in total. The molecule has 126 valence electrons. The van der Waals surface area contributed by atoms with Gasteiger partial charge in [0.05, 0.1) is 10.7 Å². The summed E-state index contributed by atoms with van der Waals surface area (Å²) in [4.78, 5) is 31.6. The van der Waals surface area contributed by atoms with Gasteiger partial charge >= 0.3 is 0 Å². The number of anilines is 1. The average Bonchev–Trinajstić information content (AvgIpc) is 3.12. The summed E-state index contributed by atoms with van der Waals surface area (Å²) in [6.07, 6.45) is -1.02. The smallest absolute Gasteiger partial charge is 0.278 e. The van der Waals surface area contributed by atoms with Crippen molar-refractivity contribution in [2.75, 3.05) is 4.90 Å². The van der Waals surface area contributed by atoms with Gasteiger partial charge in [0.15, 0.2) is 0 Å². The molecule has 2 unspecified atom stereocenters. The Morgan fingerprint density at radius 2 is 1.84 bits per heavy atom. The average molecular weight is 424 g/mol. The van der Waals surface area contributed by atoms with Crippen LogP contribution in [0.4, 0.5) is 10.1 Å². The molecule has 2 atom stereocenters. The molecule has 8 heteroatoms. The van der Waals surface area contributed by atoms with Crippen molar-refractivity contribution < 1.29 is 18.8 Å². The third kappa shape index (κ3) is 2.54. The highest BCUT2D eigenvalue weighted by molar-refractivity contribution is 9.10. The second-order valence-corrected chi connectivity index (χ2v) is 6.92. The summed E-state index contributed by atoms with van der Waals surface area (Å²) < 4.78 is 14.2. The molecule has 25 heavy (non-hydrogen) atoms. The molecule has 0 saturated carbocycles. The van der Waals surface area contributed by atoms with Crippen molar-refractivity contribution in [3.8, 4) is 0 Å². The minimum absolute atomic E-state index is 0.169. The highest BCUT2D eigenvalue weighted by Crippen LogP contribution is 2.36. The number of rotatable bonds is 2. The molecule has 0 radical (unpaired) electrons. The van der Waals surface area contributed by atoms with Crippen LogP contribution >= 0.6 is 27.5 Å². The van der Waals surface area contributed by atoms with Crippen molar-refractivity contribution in [1.29, 1.82) is 0 Å². The van der Waals surface area contributed by atoms with E-state index in [0.717, 1.165) is 15.4 Å². The minimum atomic E-state index is -1.02. The number of imide groups is 1. The van der Waals surface area contributed by atoms with Crippen molar-refractivity contribution in [2.24, 2.45) is 11.1 Å². The topological polar surface area (TPSA) is 59.0 Å². The molecule has 4 rings (SSSR count). The number of benzene rings is 2. The zero-order valence-electron chi connectivity index (χ0n) is 12.4. The molecular formula is C17H9BrClFN2O3. The minimum Gasteiger partial charge on any atom is -0.381 e. The van der Waals surface area contributed by atoms with Crippen LogP contribution in [-0.4, -0.2) is 23.6 Å². The van der Waals surface area contributed by atoms with Crippen LogP contribution in [0.25, 0.3) is 0 Å². The second-order valence-electron chi connectivity index (χ2n) is 5.60. The first kappa shape index (κ1) is 16.2. The molecule has 2 aliphatic rings. The summed E-state index contributed by atoms with van der Waals surface area (Å²) in [5.74, 6) is -2.49. The molecule has 0 bridgehead atoms. The molecular weight excluding hydrogens is 415 g/mol. The van der Waals surface area contributed by atoms with Gasteiger partial charge < -0.3 is 4.84 Å². The zero-order chi connectivity index (χ0) is 17.7. The lowest BCUT2D eigenvalue weighted by Crippen LogP contribution is -2.33. The molecule has 0 spiro atoms. The van der Waals surface area contributed by atoms with Crippen molar-refractivity contribution in [3.05, 3.63) is 63.3 Å². The number of halogens is 3. The van der Waals surface area contributed by atoms with Gasteiger partial charge in [0.25, 0.3) is 5.91 Å². The quantitative estimate of drug-likeness (QED) is 0.694. The van der Waals surface area contributed by atoms with Crippen LogP contribution < -0.4 is 4.90 Å². The van der Waals surface area contributed by atoms with Crippen molar-refractivity contribution in [2.45, 2.75) is 6.10 Å². The molecule has 2 amide bonds. The summed E-state index contributed by atoms with van der Waals surface area (Å²) in [6, 6.07) is 10.9. The first-order chi connectivity index (χ1) is 12.0. The number of fused-ring (bicyclic) bond motifs is 1. The van der Waals surface area contributed by atoms with E-state index in [1.807, 2.05) is 12.1 Å². The van der Waals surface area contributed by atoms with Crippen LogP contribution in [0, 0.1) is 11.7 Å². The van der Waals surface area contributed by atoms with E-state index in [9.17, 15) is 14.0 Å². The summed E-state index contributed by atoms with van der Waals surface area (Å²) >= 11 is 9.11. The van der Waals surface area contributed by atoms with E-state index in [1.165, 1.54) is 12.1 Å². The van der Waals surface area contributed by atoms with Gasteiger partial charge in [-0.3, -0.25) is 9.59 Å². The van der Waals surface area contributed by atoms with E-state index in [4.69, 9.17) is 16.4 Å². The predicted octanol–water partition coefficient (Wildman–Crippen LogP) is 3.53. The van der Waals surface area contributed by atoms with E-state index >= 15 is 0 Å². The van der Waals surface area contributed by atoms with Crippen LogP contribution in [-0.2, 0) is 14.4 Å². The Kier molecular flexibility index (Phi) is 3.85. The standard InChI is InChI=1S/C17H9BrClFN2O3/c18-9-3-1-8(2-4-9)14-13-15(25-21-14)17(24)22(16(13)23)10-5-6-12(20)11(19)7-10/h1-7,13,15H. The third-order valence-electron chi connectivity index (χ3n) is 4.11. The fraction of sp³-hybridized carbons (Fsp3) is 0.118. The fourth-order valence-electron chi connectivity index (χ4n) is 2.92. The monoisotopic (exact) mass is 422 g/mol. The Hall–Kier alpha value is -2.25. The molecule has 1 saturated heterocycles. The van der Waals surface area contributed by atoms with Gasteiger partial charge in [-0.25, -0.2) is 9.29 Å². The molecule has 2 aromatic rings. The second kappa shape index (κ2) is 5.93. The Morgan fingerprint density at radius 1 is 1.12 bits per heavy atom. The Bertz CT molecular complexity index is 932. The number of hydrogen-bond donors (Lipinski definition) is 0. The Balaban J connectivity index is 1.70. The highest BCUT2D eigenvalue weighted by atomic mass is 79.9. The number of carbonyl (C=O) groups is 2. The van der Waals surface area contributed by atoms with Gasteiger partial charge in [-0.15, -0.1) is 0 Å². The summed E-state index contributed by atoms with van der Waals surface area (Å²) in [5.41, 5.74) is 1.29. The molecule has 0 aliphatic carbocycles. The van der Waals surface area contributed by atoms with Gasteiger partial charge in [0, 0.05) is 10.0 Å². The Labute approximate surface area is 155 Å². The van der Waals surface area contributed by atoms with Crippen LogP contribution in [0.2, 0.25) is 5.02 Å². The number of amides is 2. The lowest BCUT2D eigenvalue weighted by molar-refractivity contribution is -0.126. The maximum Gasteiger partial charge on any atom is 0.278 e. The van der Waals surface area contributed by atoms with Gasteiger partial charge in [-0.05, 0) is 30.3 Å². The van der Waals surface area contributed by atoms with E-state index in [0.29, 0.717) is 11.3 Å². The first-order valence-corrected chi connectivity index (χ1v) is 8.47. The van der Waals surface area contributed by atoms with E-state index < -0.39 is 29.7 Å². The van der Waals surface area contributed by atoms with Gasteiger partial charge in [-0.1, -0.05) is 44.8 Å². The van der Waals surface area contributed by atoms with Gasteiger partial charge in [-0.2, -0.15) is 0 Å². The fourth-order valence-corrected chi connectivity index (χ4v) is 3.35. The normalized spacial score (nSPS) is 22.0. The lowest BCUT2D eigenvalue weighted by atomic mass is 9.94. The largest absolute Gasteiger partial charge is 0.381 e. The van der Waals surface area contributed by atoms with E-state index in [-0.39, 0.29) is 10.7 Å². The number of oxime groups is 1. The van der Waals surface area contributed by atoms with Crippen LogP contribution in [0.3, 0.4) is 0 Å². The van der Waals surface area contributed by atoms with Gasteiger partial charge in [0.2, 0.25) is 12.0 Å². The molecule has 0 aromatic heterocycles. The number of carbonyl (C=O) groups excluding carboxylic acids is 2. The van der Waals surface area contributed by atoms with E-state index in [1.54, 1.807) is 12.1 Å². The van der Waals surface area contributed by atoms with Crippen molar-refractivity contribution >= 4 is 50.7 Å². The van der Waals surface area contributed by atoms with Crippen molar-refractivity contribution in [1.82, 2.24) is 0 Å². The SMILES string of the molecule is O=C1C2ON=C(c3ccc(Br)cc3)C2C(=O)N1c1ccc(F)c(Cl)c1. The Morgan fingerprint density at radius 3 is 2.52 bits per heavy atom. The molecule has 5 nitrogen and oxygen atoms in total.